The number of imidazole rings is 1. The van der Waals surface area contributed by atoms with E-state index in [0.717, 1.165) is 17.4 Å². The van der Waals surface area contributed by atoms with Gasteiger partial charge in [0.25, 0.3) is 0 Å². The second-order valence-electron chi connectivity index (χ2n) is 2.78. The molecule has 0 aliphatic carbocycles. The van der Waals surface area contributed by atoms with Crippen molar-refractivity contribution in [3.05, 3.63) is 35.9 Å². The Kier molecular flexibility index (Phi) is 1.43. The lowest BCUT2D eigenvalue weighted by molar-refractivity contribution is 0.112. The number of aryl methyl sites for hydroxylation is 1. The highest BCUT2D eigenvalue weighted by Gasteiger charge is 2.00. The SMILES string of the molecule is Cc1cc(C=O)c2cncn2c1. The first-order valence-corrected chi connectivity index (χ1v) is 3.69. The van der Waals surface area contributed by atoms with E-state index in [9.17, 15) is 4.79 Å². The number of rotatable bonds is 1. The first-order valence-electron chi connectivity index (χ1n) is 3.69. The van der Waals surface area contributed by atoms with E-state index in [0.29, 0.717) is 5.56 Å². The van der Waals surface area contributed by atoms with Gasteiger partial charge in [-0.05, 0) is 18.6 Å². The number of carbonyl (C=O) groups excluding carboxylic acids is 1. The Balaban J connectivity index is 2.88. The Morgan fingerprint density at radius 2 is 2.42 bits per heavy atom. The summed E-state index contributed by atoms with van der Waals surface area (Å²) in [5, 5.41) is 0. The van der Waals surface area contributed by atoms with Gasteiger partial charge in [-0.3, -0.25) is 4.79 Å². The van der Waals surface area contributed by atoms with Gasteiger partial charge in [-0.15, -0.1) is 0 Å². The van der Waals surface area contributed by atoms with E-state index in [-0.39, 0.29) is 0 Å². The number of nitrogens with zero attached hydrogens (tertiary/aromatic N) is 2. The summed E-state index contributed by atoms with van der Waals surface area (Å²) in [5.41, 5.74) is 2.60. The fourth-order valence-electron chi connectivity index (χ4n) is 1.30. The Morgan fingerprint density at radius 1 is 1.58 bits per heavy atom. The van der Waals surface area contributed by atoms with Gasteiger partial charge in [0, 0.05) is 11.8 Å². The smallest absolute Gasteiger partial charge is 0.152 e. The average Bonchev–Trinajstić information content (AvgIpc) is 2.50. The molecule has 0 atom stereocenters. The molecule has 2 aromatic rings. The zero-order chi connectivity index (χ0) is 8.55. The lowest BCUT2D eigenvalue weighted by Crippen LogP contribution is -1.90. The third-order valence-electron chi connectivity index (χ3n) is 1.81. The highest BCUT2D eigenvalue weighted by molar-refractivity contribution is 5.85. The summed E-state index contributed by atoms with van der Waals surface area (Å²) in [6, 6.07) is 1.85. The molecule has 0 fully saturated rings. The van der Waals surface area contributed by atoms with Gasteiger partial charge in [-0.25, -0.2) is 4.98 Å². The molecular weight excluding hydrogens is 152 g/mol. The van der Waals surface area contributed by atoms with Gasteiger partial charge in [-0.1, -0.05) is 0 Å². The molecule has 0 bridgehead atoms. The maximum atomic E-state index is 10.6. The molecule has 0 saturated heterocycles. The molecule has 3 nitrogen and oxygen atoms in total. The monoisotopic (exact) mass is 160 g/mol. The predicted octanol–water partition coefficient (Wildman–Crippen LogP) is 1.46. The van der Waals surface area contributed by atoms with Crippen molar-refractivity contribution in [1.82, 2.24) is 9.38 Å². The van der Waals surface area contributed by atoms with Crippen LogP contribution in [0.2, 0.25) is 0 Å². The van der Waals surface area contributed by atoms with E-state index in [2.05, 4.69) is 4.98 Å². The van der Waals surface area contributed by atoms with Crippen molar-refractivity contribution in [3.63, 3.8) is 0 Å². The van der Waals surface area contributed by atoms with Crippen molar-refractivity contribution >= 4 is 11.8 Å². The number of aldehydes is 1. The molecule has 0 N–H and O–H groups in total. The number of carbonyl (C=O) groups is 1. The second-order valence-corrected chi connectivity index (χ2v) is 2.78. The molecule has 0 amide bonds. The molecule has 0 radical (unpaired) electrons. The molecule has 0 unspecified atom stereocenters. The summed E-state index contributed by atoms with van der Waals surface area (Å²) in [6.45, 7) is 1.95. The van der Waals surface area contributed by atoms with Gasteiger partial charge in [-0.2, -0.15) is 0 Å². The number of pyridine rings is 1. The maximum absolute atomic E-state index is 10.6. The Bertz CT molecular complexity index is 431. The van der Waals surface area contributed by atoms with Crippen LogP contribution >= 0.6 is 0 Å². The van der Waals surface area contributed by atoms with Crippen LogP contribution in [0.4, 0.5) is 0 Å². The molecule has 0 saturated carbocycles. The summed E-state index contributed by atoms with van der Waals surface area (Å²) in [5.74, 6) is 0. The molecule has 60 valence electrons. The minimum atomic E-state index is 0.688. The summed E-state index contributed by atoms with van der Waals surface area (Å²) < 4.78 is 1.85. The van der Waals surface area contributed by atoms with E-state index in [1.54, 1.807) is 12.5 Å². The van der Waals surface area contributed by atoms with Gasteiger partial charge in [0.1, 0.15) is 0 Å². The highest BCUT2D eigenvalue weighted by atomic mass is 16.1. The highest BCUT2D eigenvalue weighted by Crippen LogP contribution is 2.10. The summed E-state index contributed by atoms with van der Waals surface area (Å²) >= 11 is 0. The average molecular weight is 160 g/mol. The number of fused-ring (bicyclic) bond motifs is 1. The lowest BCUT2D eigenvalue weighted by atomic mass is 10.2. The molecule has 2 rings (SSSR count). The van der Waals surface area contributed by atoms with E-state index in [4.69, 9.17) is 0 Å². The topological polar surface area (TPSA) is 34.4 Å². The summed E-state index contributed by atoms with van der Waals surface area (Å²) in [4.78, 5) is 14.6. The third kappa shape index (κ3) is 0.906. The van der Waals surface area contributed by atoms with Gasteiger partial charge in [0.2, 0.25) is 0 Å². The van der Waals surface area contributed by atoms with E-state index < -0.39 is 0 Å². The molecule has 0 aliphatic heterocycles. The number of hydrogen-bond donors (Lipinski definition) is 0. The largest absolute Gasteiger partial charge is 0.305 e. The van der Waals surface area contributed by atoms with Crippen LogP contribution in [-0.2, 0) is 0 Å². The maximum Gasteiger partial charge on any atom is 0.152 e. The molecular formula is C9H8N2O. The number of aromatic nitrogens is 2. The first-order chi connectivity index (χ1) is 5.81. The van der Waals surface area contributed by atoms with Crippen LogP contribution in [0.3, 0.4) is 0 Å². The van der Waals surface area contributed by atoms with E-state index >= 15 is 0 Å². The zero-order valence-electron chi connectivity index (χ0n) is 6.69. The standard InChI is InChI=1S/C9H8N2O/c1-7-2-8(5-12)9-3-10-6-11(9)4-7/h2-6H,1H3. The van der Waals surface area contributed by atoms with Crippen molar-refractivity contribution in [3.8, 4) is 0 Å². The molecule has 0 aromatic carbocycles. The fourth-order valence-corrected chi connectivity index (χ4v) is 1.30. The van der Waals surface area contributed by atoms with E-state index in [1.807, 2.05) is 23.6 Å². The lowest BCUT2D eigenvalue weighted by Gasteiger charge is -1.98. The zero-order valence-corrected chi connectivity index (χ0v) is 6.69. The van der Waals surface area contributed by atoms with Gasteiger partial charge >= 0.3 is 0 Å². The minimum absolute atomic E-state index is 0.688. The van der Waals surface area contributed by atoms with Crippen LogP contribution in [-0.4, -0.2) is 15.7 Å². The van der Waals surface area contributed by atoms with Gasteiger partial charge in [0.15, 0.2) is 6.29 Å². The van der Waals surface area contributed by atoms with Crippen LogP contribution < -0.4 is 0 Å². The van der Waals surface area contributed by atoms with E-state index in [1.165, 1.54) is 0 Å². The second kappa shape index (κ2) is 2.44. The Labute approximate surface area is 69.7 Å². The fraction of sp³-hybridized carbons (Fsp3) is 0.111. The molecule has 0 aliphatic rings. The molecule has 0 spiro atoms. The summed E-state index contributed by atoms with van der Waals surface area (Å²) in [6.07, 6.45) is 6.16. The van der Waals surface area contributed by atoms with Crippen LogP contribution in [0.15, 0.2) is 24.8 Å². The normalized spacial score (nSPS) is 10.4. The number of hydrogen-bond acceptors (Lipinski definition) is 2. The van der Waals surface area contributed by atoms with Crippen LogP contribution in [0.25, 0.3) is 5.52 Å². The third-order valence-corrected chi connectivity index (χ3v) is 1.81. The Morgan fingerprint density at radius 3 is 3.17 bits per heavy atom. The Hall–Kier alpha value is -1.64. The quantitative estimate of drug-likeness (QED) is 0.592. The van der Waals surface area contributed by atoms with Crippen molar-refractivity contribution in [2.45, 2.75) is 6.92 Å². The first kappa shape index (κ1) is 7.03. The molecule has 3 heteroatoms. The minimum Gasteiger partial charge on any atom is -0.305 e. The van der Waals surface area contributed by atoms with Crippen LogP contribution in [0.1, 0.15) is 15.9 Å². The summed E-state index contributed by atoms with van der Waals surface area (Å²) in [7, 11) is 0. The van der Waals surface area contributed by atoms with Gasteiger partial charge in [0.05, 0.1) is 18.0 Å². The van der Waals surface area contributed by atoms with Gasteiger partial charge < -0.3 is 4.40 Å². The van der Waals surface area contributed by atoms with Crippen molar-refractivity contribution in [1.29, 1.82) is 0 Å². The van der Waals surface area contributed by atoms with Crippen LogP contribution in [0, 0.1) is 6.92 Å². The molecule has 12 heavy (non-hydrogen) atoms. The van der Waals surface area contributed by atoms with Crippen LogP contribution in [0.5, 0.6) is 0 Å². The van der Waals surface area contributed by atoms with Crippen molar-refractivity contribution < 1.29 is 4.79 Å². The molecule has 2 aromatic heterocycles. The predicted molar refractivity (Wildman–Crippen MR) is 45.3 cm³/mol. The van der Waals surface area contributed by atoms with Crippen molar-refractivity contribution in [2.24, 2.45) is 0 Å². The molecule has 2 heterocycles. The van der Waals surface area contributed by atoms with Crippen molar-refractivity contribution in [2.75, 3.05) is 0 Å².